The van der Waals surface area contributed by atoms with Gasteiger partial charge in [0.2, 0.25) is 0 Å². The molecule has 0 heterocycles. The minimum absolute atomic E-state index is 0.471. The summed E-state index contributed by atoms with van der Waals surface area (Å²) in [7, 11) is 4.18. The summed E-state index contributed by atoms with van der Waals surface area (Å²) >= 11 is 0. The standard InChI is InChI=1S/C17H31N2/c1-8-11-15(4)17(19(7)13-10-3)14-16(5)18(6)12-9-2/h9-10,12-13,15,17H,3,5,8,11,14H2,1-2,4,6-7H3/q+1/b12-9-,19-13?. The van der Waals surface area contributed by atoms with Gasteiger partial charge in [0.05, 0.1) is 0 Å². The van der Waals surface area contributed by atoms with Gasteiger partial charge >= 0.3 is 0 Å². The van der Waals surface area contributed by atoms with E-state index >= 15 is 0 Å². The van der Waals surface area contributed by atoms with Gasteiger partial charge in [0, 0.05) is 25.1 Å². The minimum atomic E-state index is 0.471. The number of nitrogens with zero attached hydrogens (tertiary/aromatic N) is 2. The Bertz CT molecular complexity index is 339. The van der Waals surface area contributed by atoms with Gasteiger partial charge in [-0.15, -0.1) is 0 Å². The van der Waals surface area contributed by atoms with E-state index in [2.05, 4.69) is 63.0 Å². The summed E-state index contributed by atoms with van der Waals surface area (Å²) in [6.45, 7) is 14.6. The van der Waals surface area contributed by atoms with Crippen molar-refractivity contribution in [3.8, 4) is 0 Å². The maximum atomic E-state index is 4.21. The molecule has 0 rings (SSSR count). The summed E-state index contributed by atoms with van der Waals surface area (Å²) in [5.74, 6) is 0.641. The van der Waals surface area contributed by atoms with Crippen molar-refractivity contribution in [2.45, 2.75) is 46.1 Å². The minimum Gasteiger partial charge on any atom is -0.355 e. The quantitative estimate of drug-likeness (QED) is 0.449. The molecule has 0 aliphatic rings. The Kier molecular flexibility index (Phi) is 8.94. The van der Waals surface area contributed by atoms with Crippen LogP contribution in [0.5, 0.6) is 0 Å². The van der Waals surface area contributed by atoms with Gasteiger partial charge in [-0.3, -0.25) is 0 Å². The molecule has 0 saturated heterocycles. The van der Waals surface area contributed by atoms with Crippen molar-refractivity contribution >= 4 is 6.21 Å². The van der Waals surface area contributed by atoms with E-state index in [-0.39, 0.29) is 0 Å². The third kappa shape index (κ3) is 6.42. The molecule has 0 fully saturated rings. The summed E-state index contributed by atoms with van der Waals surface area (Å²) in [6, 6.07) is 0.471. The molecule has 0 N–H and O–H groups in total. The molecule has 0 aromatic heterocycles. The van der Waals surface area contributed by atoms with Gasteiger partial charge in [-0.2, -0.15) is 0 Å². The maximum Gasteiger partial charge on any atom is 0.162 e. The van der Waals surface area contributed by atoms with Crippen molar-refractivity contribution in [2.75, 3.05) is 14.1 Å². The molecular formula is C17H31N2+. The first-order valence-corrected chi connectivity index (χ1v) is 7.19. The van der Waals surface area contributed by atoms with E-state index in [0.29, 0.717) is 12.0 Å². The van der Waals surface area contributed by atoms with Crippen LogP contribution in [0.1, 0.15) is 40.0 Å². The predicted molar refractivity (Wildman–Crippen MR) is 86.6 cm³/mol. The van der Waals surface area contributed by atoms with E-state index in [1.54, 1.807) is 0 Å². The van der Waals surface area contributed by atoms with Crippen molar-refractivity contribution in [1.82, 2.24) is 4.90 Å². The van der Waals surface area contributed by atoms with Crippen LogP contribution in [0.15, 0.2) is 37.2 Å². The molecule has 2 heteroatoms. The highest BCUT2D eigenvalue weighted by molar-refractivity contribution is 5.65. The van der Waals surface area contributed by atoms with Gasteiger partial charge in [0.25, 0.3) is 0 Å². The Labute approximate surface area is 119 Å². The highest BCUT2D eigenvalue weighted by Gasteiger charge is 2.25. The van der Waals surface area contributed by atoms with Gasteiger partial charge < -0.3 is 4.90 Å². The number of rotatable bonds is 9. The second kappa shape index (κ2) is 9.60. The molecule has 2 nitrogen and oxygen atoms in total. The third-order valence-electron chi connectivity index (χ3n) is 3.58. The van der Waals surface area contributed by atoms with Crippen molar-refractivity contribution in [1.29, 1.82) is 0 Å². The summed E-state index contributed by atoms with van der Waals surface area (Å²) < 4.78 is 2.27. The summed E-state index contributed by atoms with van der Waals surface area (Å²) in [6.07, 6.45) is 11.4. The largest absolute Gasteiger partial charge is 0.355 e. The molecule has 19 heavy (non-hydrogen) atoms. The Morgan fingerprint density at radius 3 is 2.53 bits per heavy atom. The smallest absolute Gasteiger partial charge is 0.162 e. The van der Waals surface area contributed by atoms with E-state index in [0.717, 1.165) is 12.1 Å². The highest BCUT2D eigenvalue weighted by atomic mass is 15.1. The highest BCUT2D eigenvalue weighted by Crippen LogP contribution is 2.20. The zero-order valence-electron chi connectivity index (χ0n) is 13.4. The van der Waals surface area contributed by atoms with Crippen molar-refractivity contribution in [3.63, 3.8) is 0 Å². The van der Waals surface area contributed by atoms with Crippen molar-refractivity contribution in [2.24, 2.45) is 5.92 Å². The Morgan fingerprint density at radius 2 is 2.05 bits per heavy atom. The zero-order chi connectivity index (χ0) is 14.8. The van der Waals surface area contributed by atoms with E-state index < -0.39 is 0 Å². The van der Waals surface area contributed by atoms with Gasteiger partial charge in [-0.25, -0.2) is 4.58 Å². The van der Waals surface area contributed by atoms with Gasteiger partial charge in [0.15, 0.2) is 12.3 Å². The average molecular weight is 263 g/mol. The van der Waals surface area contributed by atoms with Crippen LogP contribution >= 0.6 is 0 Å². The lowest BCUT2D eigenvalue weighted by Gasteiger charge is -2.24. The first-order chi connectivity index (χ1) is 8.97. The topological polar surface area (TPSA) is 6.25 Å². The normalized spacial score (nSPS) is 15.3. The van der Waals surface area contributed by atoms with Crippen LogP contribution in [-0.2, 0) is 0 Å². The van der Waals surface area contributed by atoms with Crippen LogP contribution in [-0.4, -0.2) is 35.8 Å². The Balaban J connectivity index is 4.90. The molecule has 108 valence electrons. The first-order valence-electron chi connectivity index (χ1n) is 7.19. The average Bonchev–Trinajstić information content (AvgIpc) is 2.36. The lowest BCUT2D eigenvalue weighted by atomic mass is 9.93. The van der Waals surface area contributed by atoms with Crippen molar-refractivity contribution in [3.05, 3.63) is 37.2 Å². The monoisotopic (exact) mass is 263 g/mol. The lowest BCUT2D eigenvalue weighted by Crippen LogP contribution is -2.32. The number of hydrogen-bond acceptors (Lipinski definition) is 1. The summed E-state index contributed by atoms with van der Waals surface area (Å²) in [5.41, 5.74) is 1.15. The fourth-order valence-corrected chi connectivity index (χ4v) is 2.39. The van der Waals surface area contributed by atoms with E-state index in [1.807, 2.05) is 19.1 Å². The lowest BCUT2D eigenvalue weighted by molar-refractivity contribution is -0.542. The predicted octanol–water partition coefficient (Wildman–Crippen LogP) is 4.06. The number of hydrogen-bond donors (Lipinski definition) is 0. The SMILES string of the molecule is C=CC=[N+](C)C(CC(=C)N(C)/C=C\C)C(C)CCC. The fraction of sp³-hybridized carbons (Fsp3) is 0.588. The van der Waals surface area contributed by atoms with E-state index in [4.69, 9.17) is 0 Å². The van der Waals surface area contributed by atoms with E-state index in [9.17, 15) is 0 Å². The molecule has 0 aromatic rings. The van der Waals surface area contributed by atoms with Gasteiger partial charge in [0.1, 0.15) is 7.05 Å². The van der Waals surface area contributed by atoms with Crippen LogP contribution in [0, 0.1) is 5.92 Å². The number of allylic oxidation sites excluding steroid dienone is 2. The van der Waals surface area contributed by atoms with Crippen molar-refractivity contribution < 1.29 is 4.58 Å². The molecule has 2 atom stereocenters. The van der Waals surface area contributed by atoms with Gasteiger partial charge in [-0.1, -0.05) is 39.5 Å². The van der Waals surface area contributed by atoms with Crippen LogP contribution in [0.2, 0.25) is 0 Å². The van der Waals surface area contributed by atoms with E-state index in [1.165, 1.54) is 12.8 Å². The molecule has 0 amide bonds. The molecule has 0 radical (unpaired) electrons. The third-order valence-corrected chi connectivity index (χ3v) is 3.58. The summed E-state index contributed by atoms with van der Waals surface area (Å²) in [5, 5.41) is 0. The van der Waals surface area contributed by atoms with Crippen LogP contribution in [0.3, 0.4) is 0 Å². The maximum absolute atomic E-state index is 4.21. The van der Waals surface area contributed by atoms with Gasteiger partial charge in [-0.05, 0) is 25.6 Å². The molecule has 0 saturated carbocycles. The molecule has 0 aliphatic carbocycles. The second-order valence-corrected chi connectivity index (χ2v) is 5.25. The van der Waals surface area contributed by atoms with Crippen LogP contribution < -0.4 is 0 Å². The van der Waals surface area contributed by atoms with Crippen LogP contribution in [0.25, 0.3) is 0 Å². The first kappa shape index (κ1) is 17.7. The molecule has 0 aliphatic heterocycles. The molecule has 0 bridgehead atoms. The second-order valence-electron chi connectivity index (χ2n) is 5.25. The van der Waals surface area contributed by atoms with Crippen LogP contribution in [0.4, 0.5) is 0 Å². The fourth-order valence-electron chi connectivity index (χ4n) is 2.39. The Morgan fingerprint density at radius 1 is 1.42 bits per heavy atom. The molecule has 2 unspecified atom stereocenters. The zero-order valence-corrected chi connectivity index (χ0v) is 13.4. The molecule has 0 aromatic carbocycles. The molecular weight excluding hydrogens is 232 g/mol. The Hall–Kier alpha value is -1.31. The molecule has 0 spiro atoms. The summed E-state index contributed by atoms with van der Waals surface area (Å²) in [4.78, 5) is 2.10.